The summed E-state index contributed by atoms with van der Waals surface area (Å²) in [6.07, 6.45) is 11.9. The van der Waals surface area contributed by atoms with E-state index in [2.05, 4.69) is 6.07 Å². The Labute approximate surface area is 228 Å². The van der Waals surface area contributed by atoms with E-state index in [1.54, 1.807) is 12.1 Å². The molecule has 4 heteroatoms. The maximum atomic E-state index is 11.1. The molecule has 38 heavy (non-hydrogen) atoms. The lowest BCUT2D eigenvalue weighted by Crippen LogP contribution is -2.07. The minimum atomic E-state index is -0.277. The van der Waals surface area contributed by atoms with Crippen molar-refractivity contribution in [2.24, 2.45) is 0 Å². The fraction of sp³-hybridized carbons (Fsp3) is 0.471. The van der Waals surface area contributed by atoms with Gasteiger partial charge in [-0.15, -0.1) is 0 Å². The molecular weight excluding hydrogens is 472 g/mol. The summed E-state index contributed by atoms with van der Waals surface area (Å²) in [5.74, 6) is 0.558. The van der Waals surface area contributed by atoms with Crippen LogP contribution in [-0.4, -0.2) is 20.4 Å². The van der Waals surface area contributed by atoms with Gasteiger partial charge < -0.3 is 20.4 Å². The molecule has 0 amide bonds. The Morgan fingerprint density at radius 3 is 1.47 bits per heavy atom. The van der Waals surface area contributed by atoms with Crippen molar-refractivity contribution in [2.45, 2.75) is 104 Å². The van der Waals surface area contributed by atoms with E-state index in [1.165, 1.54) is 55.7 Å². The molecule has 2 aliphatic rings. The van der Waals surface area contributed by atoms with Crippen LogP contribution in [0.4, 0.5) is 0 Å². The monoisotopic (exact) mass is 516 g/mol. The zero-order valence-electron chi connectivity index (χ0n) is 23.5. The first-order valence-electron chi connectivity index (χ1n) is 14.6. The summed E-state index contributed by atoms with van der Waals surface area (Å²) in [6.45, 7) is 8.07. The minimum absolute atomic E-state index is 0.0633. The van der Waals surface area contributed by atoms with Crippen molar-refractivity contribution in [1.29, 1.82) is 0 Å². The lowest BCUT2D eigenvalue weighted by molar-refractivity contribution is 0.405. The molecule has 5 rings (SSSR count). The summed E-state index contributed by atoms with van der Waals surface area (Å²) in [7, 11) is 0. The fourth-order valence-electron chi connectivity index (χ4n) is 6.62. The van der Waals surface area contributed by atoms with Crippen LogP contribution in [0.25, 0.3) is 22.3 Å². The molecule has 3 aromatic carbocycles. The van der Waals surface area contributed by atoms with Crippen molar-refractivity contribution in [3.8, 4) is 45.3 Å². The van der Waals surface area contributed by atoms with E-state index < -0.39 is 0 Å². The number of aromatic hydroxyl groups is 4. The lowest BCUT2D eigenvalue weighted by atomic mass is 9.79. The van der Waals surface area contributed by atoms with Gasteiger partial charge in [0.25, 0.3) is 0 Å². The van der Waals surface area contributed by atoms with Crippen LogP contribution >= 0.6 is 0 Å². The predicted octanol–water partition coefficient (Wildman–Crippen LogP) is 9.58. The van der Waals surface area contributed by atoms with Crippen molar-refractivity contribution in [3.63, 3.8) is 0 Å². The van der Waals surface area contributed by atoms with Gasteiger partial charge in [-0.25, -0.2) is 0 Å². The molecule has 0 atom stereocenters. The summed E-state index contributed by atoms with van der Waals surface area (Å²) < 4.78 is 0. The van der Waals surface area contributed by atoms with Crippen LogP contribution in [0.5, 0.6) is 23.0 Å². The van der Waals surface area contributed by atoms with Crippen LogP contribution in [0, 0.1) is 13.8 Å². The van der Waals surface area contributed by atoms with E-state index in [-0.39, 0.29) is 23.0 Å². The molecule has 2 fully saturated rings. The van der Waals surface area contributed by atoms with Crippen LogP contribution in [0.15, 0.2) is 36.4 Å². The molecule has 0 heterocycles. The molecule has 3 aromatic rings. The first-order valence-corrected chi connectivity index (χ1v) is 14.6. The lowest BCUT2D eigenvalue weighted by Gasteiger charge is -2.26. The summed E-state index contributed by atoms with van der Waals surface area (Å²) >= 11 is 0. The molecule has 204 valence electrons. The quantitative estimate of drug-likeness (QED) is 0.260. The van der Waals surface area contributed by atoms with Gasteiger partial charge in [0.2, 0.25) is 0 Å². The third-order valence-corrected chi connectivity index (χ3v) is 8.57. The van der Waals surface area contributed by atoms with Gasteiger partial charge in [-0.1, -0.05) is 52.4 Å². The molecule has 4 nitrogen and oxygen atoms in total. The smallest absolute Gasteiger partial charge is 0.166 e. The number of aryl methyl sites for hydroxylation is 2. The number of phenolic OH excluding ortho intramolecular Hbond substituents is 4. The molecule has 2 aliphatic carbocycles. The Balaban J connectivity index is 0.00000164. The van der Waals surface area contributed by atoms with Crippen LogP contribution in [0.1, 0.15) is 112 Å². The fourth-order valence-corrected chi connectivity index (χ4v) is 6.62. The predicted molar refractivity (Wildman–Crippen MR) is 156 cm³/mol. The Morgan fingerprint density at radius 1 is 0.526 bits per heavy atom. The number of rotatable bonds is 4. The third-order valence-electron chi connectivity index (χ3n) is 8.57. The molecule has 0 aliphatic heterocycles. The van der Waals surface area contributed by atoms with E-state index in [0.29, 0.717) is 34.1 Å². The standard InChI is InChI=1S/C32H38O4.C2H6/c1-19-15-29(34)26(17-24(19)21-9-5-3-6-10-21)23-13-14-28(33)32(36)31(23)27-18-25(20(2)16-30(27)35)22-11-7-4-8-12-22;1-2/h13-18,21-22,33-36H,3-12H2,1-2H3;1-2H3. The molecule has 0 bridgehead atoms. The minimum Gasteiger partial charge on any atom is -0.507 e. The van der Waals surface area contributed by atoms with Crippen LogP contribution in [0.3, 0.4) is 0 Å². The first kappa shape index (κ1) is 27.9. The van der Waals surface area contributed by atoms with Crippen LogP contribution < -0.4 is 0 Å². The Kier molecular flexibility index (Phi) is 8.91. The highest BCUT2D eigenvalue weighted by Crippen LogP contribution is 2.50. The van der Waals surface area contributed by atoms with Crippen molar-refractivity contribution in [3.05, 3.63) is 58.7 Å². The molecule has 0 aromatic heterocycles. The summed E-state index contributed by atoms with van der Waals surface area (Å²) in [6, 6.07) is 10.8. The summed E-state index contributed by atoms with van der Waals surface area (Å²) in [5, 5.41) is 43.7. The van der Waals surface area contributed by atoms with Gasteiger partial charge in [0.15, 0.2) is 11.5 Å². The van der Waals surface area contributed by atoms with Gasteiger partial charge in [-0.2, -0.15) is 0 Å². The molecule has 0 saturated heterocycles. The molecule has 4 N–H and O–H groups in total. The second kappa shape index (κ2) is 12.1. The van der Waals surface area contributed by atoms with Crippen molar-refractivity contribution >= 4 is 0 Å². The zero-order chi connectivity index (χ0) is 27.4. The van der Waals surface area contributed by atoms with Gasteiger partial charge in [0, 0.05) is 16.7 Å². The van der Waals surface area contributed by atoms with Gasteiger partial charge in [-0.05, 0) is 116 Å². The SMILES string of the molecule is CC.Cc1cc(O)c(-c2ccc(O)c(O)c2-c2cc(C3CCCCC3)c(C)cc2O)cc1C1CCCCC1. The average Bonchev–Trinajstić information content (AvgIpc) is 2.93. The van der Waals surface area contributed by atoms with Gasteiger partial charge in [-0.3, -0.25) is 0 Å². The third kappa shape index (κ3) is 5.50. The highest BCUT2D eigenvalue weighted by Gasteiger charge is 2.26. The van der Waals surface area contributed by atoms with Crippen molar-refractivity contribution in [2.75, 3.05) is 0 Å². The Bertz CT molecular complexity index is 1260. The second-order valence-corrected chi connectivity index (χ2v) is 11.0. The Hall–Kier alpha value is -3.14. The highest BCUT2D eigenvalue weighted by molar-refractivity contribution is 5.93. The van der Waals surface area contributed by atoms with E-state index in [0.717, 1.165) is 36.8 Å². The maximum absolute atomic E-state index is 11.1. The largest absolute Gasteiger partial charge is 0.507 e. The van der Waals surface area contributed by atoms with Gasteiger partial charge in [0.05, 0.1) is 0 Å². The zero-order valence-corrected chi connectivity index (χ0v) is 23.5. The van der Waals surface area contributed by atoms with Crippen molar-refractivity contribution < 1.29 is 20.4 Å². The molecule has 0 unspecified atom stereocenters. The molecule has 0 radical (unpaired) electrons. The van der Waals surface area contributed by atoms with E-state index in [9.17, 15) is 20.4 Å². The van der Waals surface area contributed by atoms with E-state index >= 15 is 0 Å². The van der Waals surface area contributed by atoms with E-state index in [4.69, 9.17) is 0 Å². The average molecular weight is 517 g/mol. The van der Waals surface area contributed by atoms with Crippen LogP contribution in [0.2, 0.25) is 0 Å². The number of hydrogen-bond donors (Lipinski definition) is 4. The number of phenols is 4. The molecule has 0 spiro atoms. The Morgan fingerprint density at radius 2 is 0.974 bits per heavy atom. The summed E-state index contributed by atoms with van der Waals surface area (Å²) in [5.41, 5.74) is 6.61. The van der Waals surface area contributed by atoms with Gasteiger partial charge in [0.1, 0.15) is 11.5 Å². The molecule has 2 saturated carbocycles. The number of hydrogen-bond acceptors (Lipinski definition) is 4. The topological polar surface area (TPSA) is 80.9 Å². The summed E-state index contributed by atoms with van der Waals surface area (Å²) in [4.78, 5) is 0. The second-order valence-electron chi connectivity index (χ2n) is 11.0. The molecular formula is C34H44O4. The number of benzene rings is 3. The van der Waals surface area contributed by atoms with Crippen LogP contribution in [-0.2, 0) is 0 Å². The van der Waals surface area contributed by atoms with Crippen molar-refractivity contribution in [1.82, 2.24) is 0 Å². The normalized spacial score (nSPS) is 16.6. The maximum Gasteiger partial charge on any atom is 0.166 e. The highest BCUT2D eigenvalue weighted by atomic mass is 16.3. The van der Waals surface area contributed by atoms with E-state index in [1.807, 2.05) is 39.8 Å². The first-order chi connectivity index (χ1) is 18.3. The van der Waals surface area contributed by atoms with Gasteiger partial charge >= 0.3 is 0 Å².